The summed E-state index contributed by atoms with van der Waals surface area (Å²) in [6.45, 7) is 2.32. The smallest absolute Gasteiger partial charge is 0.233 e. The predicted molar refractivity (Wildman–Crippen MR) is 112 cm³/mol. The lowest BCUT2D eigenvalue weighted by atomic mass is 9.85. The highest BCUT2D eigenvalue weighted by Crippen LogP contribution is 2.35. The van der Waals surface area contributed by atoms with Crippen LogP contribution in [0.5, 0.6) is 0 Å². The molecule has 0 saturated carbocycles. The predicted octanol–water partition coefficient (Wildman–Crippen LogP) is 3.35. The van der Waals surface area contributed by atoms with Gasteiger partial charge in [0.2, 0.25) is 17.7 Å². The van der Waals surface area contributed by atoms with Crippen molar-refractivity contribution in [3.05, 3.63) is 36.4 Å². The van der Waals surface area contributed by atoms with Gasteiger partial charge in [-0.15, -0.1) is 0 Å². The molecule has 0 spiro atoms. The molecule has 1 N–H and O–H groups in total. The van der Waals surface area contributed by atoms with Crippen LogP contribution in [-0.2, 0) is 14.4 Å². The average Bonchev–Trinajstić information content (AvgIpc) is 2.92. The Morgan fingerprint density at radius 2 is 1.48 bits per heavy atom. The summed E-state index contributed by atoms with van der Waals surface area (Å²) in [5, 5.41) is 2.88. The first kappa shape index (κ1) is 19.7. The summed E-state index contributed by atoms with van der Waals surface area (Å²) in [6.07, 6.45) is 10.4. The number of carbonyl (C=O) groups is 3. The van der Waals surface area contributed by atoms with Crippen LogP contribution in [0, 0.1) is 11.8 Å². The van der Waals surface area contributed by atoms with E-state index in [1.807, 2.05) is 36.4 Å². The van der Waals surface area contributed by atoms with Crippen LogP contribution in [-0.4, -0.2) is 42.3 Å². The molecule has 0 radical (unpaired) electrons. The molecule has 1 aromatic rings. The molecule has 0 bridgehead atoms. The first-order valence-electron chi connectivity index (χ1n) is 10.8. The van der Waals surface area contributed by atoms with E-state index in [2.05, 4.69) is 10.2 Å². The molecule has 1 aliphatic carbocycles. The number of likely N-dealkylation sites (tertiary alicyclic amines) is 1. The number of imide groups is 1. The molecule has 6 nitrogen and oxygen atoms in total. The van der Waals surface area contributed by atoms with E-state index in [9.17, 15) is 14.4 Å². The number of amides is 3. The number of benzene rings is 1. The van der Waals surface area contributed by atoms with E-state index in [1.165, 1.54) is 36.3 Å². The van der Waals surface area contributed by atoms with Crippen molar-refractivity contribution in [2.45, 2.75) is 44.9 Å². The van der Waals surface area contributed by atoms with Crippen molar-refractivity contribution in [2.75, 3.05) is 29.9 Å². The van der Waals surface area contributed by atoms with Crippen LogP contribution in [0.4, 0.5) is 11.4 Å². The Balaban J connectivity index is 1.28. The van der Waals surface area contributed by atoms with E-state index < -0.39 is 0 Å². The standard InChI is InChI=1S/C23H29N3O3/c27-21(13-16-26-22(28)19-7-3-4-8-20(19)23(26)29)24-17-9-11-18(12-10-17)25-14-5-1-2-6-15-25/h3-4,9-12,19-20H,1-2,5-8,13-16H2,(H,24,27). The van der Waals surface area contributed by atoms with Crippen molar-refractivity contribution < 1.29 is 14.4 Å². The Hall–Kier alpha value is -2.63. The Morgan fingerprint density at radius 3 is 2.07 bits per heavy atom. The molecule has 3 amide bonds. The number of allylic oxidation sites excluding steroid dienone is 2. The summed E-state index contributed by atoms with van der Waals surface area (Å²) in [7, 11) is 0. The lowest BCUT2D eigenvalue weighted by Crippen LogP contribution is -2.34. The number of hydrogen-bond acceptors (Lipinski definition) is 4. The monoisotopic (exact) mass is 395 g/mol. The number of anilines is 2. The van der Waals surface area contributed by atoms with Crippen LogP contribution < -0.4 is 10.2 Å². The molecule has 154 valence electrons. The molecule has 3 aliphatic rings. The van der Waals surface area contributed by atoms with E-state index in [0.717, 1.165) is 18.8 Å². The third-order valence-corrected chi connectivity index (χ3v) is 6.28. The molecule has 29 heavy (non-hydrogen) atoms. The Labute approximate surface area is 171 Å². The van der Waals surface area contributed by atoms with Crippen LogP contribution in [0.3, 0.4) is 0 Å². The van der Waals surface area contributed by atoms with Gasteiger partial charge in [0.1, 0.15) is 0 Å². The fourth-order valence-electron chi connectivity index (χ4n) is 4.61. The number of fused-ring (bicyclic) bond motifs is 1. The minimum Gasteiger partial charge on any atom is -0.372 e. The van der Waals surface area contributed by atoms with E-state index in [1.54, 1.807) is 0 Å². The lowest BCUT2D eigenvalue weighted by molar-refractivity contribution is -0.140. The summed E-state index contributed by atoms with van der Waals surface area (Å²) in [5.74, 6) is -0.900. The van der Waals surface area contributed by atoms with Gasteiger partial charge >= 0.3 is 0 Å². The van der Waals surface area contributed by atoms with Gasteiger partial charge in [0.15, 0.2) is 0 Å². The number of nitrogens with zero attached hydrogens (tertiary/aromatic N) is 2. The summed E-state index contributed by atoms with van der Waals surface area (Å²) in [5.41, 5.74) is 1.93. The van der Waals surface area contributed by atoms with E-state index in [-0.39, 0.29) is 42.5 Å². The van der Waals surface area contributed by atoms with Crippen molar-refractivity contribution in [3.63, 3.8) is 0 Å². The molecule has 2 unspecified atom stereocenters. The maximum Gasteiger partial charge on any atom is 0.233 e. The molecule has 2 aliphatic heterocycles. The summed E-state index contributed by atoms with van der Waals surface area (Å²) in [4.78, 5) is 41.0. The van der Waals surface area contributed by atoms with Crippen LogP contribution in [0.2, 0.25) is 0 Å². The van der Waals surface area contributed by atoms with Gasteiger partial charge in [0.05, 0.1) is 11.8 Å². The Bertz CT molecular complexity index is 768. The van der Waals surface area contributed by atoms with Gasteiger partial charge in [-0.1, -0.05) is 25.0 Å². The van der Waals surface area contributed by atoms with E-state index in [0.29, 0.717) is 12.8 Å². The zero-order valence-corrected chi connectivity index (χ0v) is 16.8. The van der Waals surface area contributed by atoms with Gasteiger partial charge in [-0.25, -0.2) is 0 Å². The normalized spacial score (nSPS) is 24.4. The van der Waals surface area contributed by atoms with Crippen molar-refractivity contribution in [3.8, 4) is 0 Å². The average molecular weight is 396 g/mol. The molecular weight excluding hydrogens is 366 g/mol. The molecule has 6 heteroatoms. The fourth-order valence-corrected chi connectivity index (χ4v) is 4.61. The number of nitrogens with one attached hydrogen (secondary N) is 1. The second-order valence-electron chi connectivity index (χ2n) is 8.23. The summed E-state index contributed by atoms with van der Waals surface area (Å²) in [6, 6.07) is 7.94. The van der Waals surface area contributed by atoms with Gasteiger partial charge in [0, 0.05) is 37.4 Å². The van der Waals surface area contributed by atoms with Crippen molar-refractivity contribution in [1.82, 2.24) is 4.90 Å². The molecule has 2 heterocycles. The molecule has 2 atom stereocenters. The molecular formula is C23H29N3O3. The maximum absolute atomic E-state index is 12.5. The van der Waals surface area contributed by atoms with Gasteiger partial charge in [-0.3, -0.25) is 19.3 Å². The van der Waals surface area contributed by atoms with Crippen molar-refractivity contribution in [1.29, 1.82) is 0 Å². The minimum absolute atomic E-state index is 0.123. The maximum atomic E-state index is 12.5. The summed E-state index contributed by atoms with van der Waals surface area (Å²) >= 11 is 0. The van der Waals surface area contributed by atoms with Gasteiger partial charge in [-0.2, -0.15) is 0 Å². The van der Waals surface area contributed by atoms with Crippen LogP contribution in [0.1, 0.15) is 44.9 Å². The fraction of sp³-hybridized carbons (Fsp3) is 0.522. The SMILES string of the molecule is O=C(CCN1C(=O)C2CC=CCC2C1=O)Nc1ccc(N2CCCCCC2)cc1. The second kappa shape index (κ2) is 8.80. The Morgan fingerprint density at radius 1 is 0.897 bits per heavy atom. The topological polar surface area (TPSA) is 69.7 Å². The highest BCUT2D eigenvalue weighted by atomic mass is 16.2. The second-order valence-corrected chi connectivity index (χ2v) is 8.23. The largest absolute Gasteiger partial charge is 0.372 e. The number of rotatable bonds is 5. The first-order chi connectivity index (χ1) is 14.1. The van der Waals surface area contributed by atoms with E-state index >= 15 is 0 Å². The lowest BCUT2D eigenvalue weighted by Gasteiger charge is -2.22. The quantitative estimate of drug-likeness (QED) is 0.613. The molecule has 2 fully saturated rings. The van der Waals surface area contributed by atoms with E-state index in [4.69, 9.17) is 0 Å². The zero-order chi connectivity index (χ0) is 20.2. The van der Waals surface area contributed by atoms with Crippen molar-refractivity contribution in [2.24, 2.45) is 11.8 Å². The Kier molecular flexibility index (Phi) is 5.97. The van der Waals surface area contributed by atoms with Crippen LogP contribution in [0.15, 0.2) is 36.4 Å². The van der Waals surface area contributed by atoms with Crippen molar-refractivity contribution >= 4 is 29.1 Å². The highest BCUT2D eigenvalue weighted by Gasteiger charge is 2.46. The molecule has 1 aromatic carbocycles. The number of hydrogen-bond donors (Lipinski definition) is 1. The highest BCUT2D eigenvalue weighted by molar-refractivity contribution is 6.05. The van der Waals surface area contributed by atoms with Crippen LogP contribution in [0.25, 0.3) is 0 Å². The zero-order valence-electron chi connectivity index (χ0n) is 16.8. The molecule has 2 saturated heterocycles. The van der Waals surface area contributed by atoms with Crippen LogP contribution >= 0.6 is 0 Å². The molecule has 4 rings (SSSR count). The minimum atomic E-state index is -0.234. The third kappa shape index (κ3) is 4.36. The van der Waals surface area contributed by atoms with Gasteiger partial charge < -0.3 is 10.2 Å². The molecule has 0 aromatic heterocycles. The summed E-state index contributed by atoms with van der Waals surface area (Å²) < 4.78 is 0. The third-order valence-electron chi connectivity index (χ3n) is 6.28. The first-order valence-corrected chi connectivity index (χ1v) is 10.8. The van der Waals surface area contributed by atoms with Gasteiger partial charge in [-0.05, 0) is 49.9 Å². The number of carbonyl (C=O) groups excluding carboxylic acids is 3. The van der Waals surface area contributed by atoms with Gasteiger partial charge in [0.25, 0.3) is 0 Å².